The maximum Gasteiger partial charge on any atom is 0.124 e. The molecule has 1 aromatic heterocycles. The SMILES string of the molecule is CN(C)CCOc1ccc(-c2cccc(N)n2)c2c1CCCC2. The van der Waals surface area contributed by atoms with Crippen LogP contribution in [0.3, 0.4) is 0 Å². The minimum absolute atomic E-state index is 0.568. The van der Waals surface area contributed by atoms with Gasteiger partial charge in [0.2, 0.25) is 0 Å². The summed E-state index contributed by atoms with van der Waals surface area (Å²) >= 11 is 0. The van der Waals surface area contributed by atoms with Crippen LogP contribution < -0.4 is 10.5 Å². The van der Waals surface area contributed by atoms with E-state index in [9.17, 15) is 0 Å². The molecule has 0 atom stereocenters. The van der Waals surface area contributed by atoms with Crippen molar-refractivity contribution in [2.24, 2.45) is 0 Å². The van der Waals surface area contributed by atoms with Crippen LogP contribution in [0.2, 0.25) is 0 Å². The van der Waals surface area contributed by atoms with Crippen LogP contribution in [-0.2, 0) is 12.8 Å². The number of benzene rings is 1. The third-order valence-corrected chi connectivity index (χ3v) is 4.33. The molecule has 0 fully saturated rings. The minimum atomic E-state index is 0.568. The van der Waals surface area contributed by atoms with E-state index in [2.05, 4.69) is 36.1 Å². The molecule has 0 saturated heterocycles. The maximum absolute atomic E-state index is 6.04. The van der Waals surface area contributed by atoms with Gasteiger partial charge in [-0.25, -0.2) is 4.98 Å². The van der Waals surface area contributed by atoms with Crippen LogP contribution in [0.15, 0.2) is 30.3 Å². The number of ether oxygens (including phenoxy) is 1. The van der Waals surface area contributed by atoms with Gasteiger partial charge in [-0.1, -0.05) is 6.07 Å². The molecule has 4 nitrogen and oxygen atoms in total. The summed E-state index contributed by atoms with van der Waals surface area (Å²) < 4.78 is 6.04. The molecule has 3 rings (SSSR count). The Morgan fingerprint density at radius 1 is 1.09 bits per heavy atom. The molecule has 0 amide bonds. The first-order valence-corrected chi connectivity index (χ1v) is 8.30. The second kappa shape index (κ2) is 7.01. The largest absolute Gasteiger partial charge is 0.492 e. The molecule has 0 aliphatic heterocycles. The summed E-state index contributed by atoms with van der Waals surface area (Å²) in [7, 11) is 4.13. The average molecular weight is 311 g/mol. The number of rotatable bonds is 5. The minimum Gasteiger partial charge on any atom is -0.492 e. The summed E-state index contributed by atoms with van der Waals surface area (Å²) in [5.74, 6) is 1.60. The highest BCUT2D eigenvalue weighted by Crippen LogP contribution is 2.36. The van der Waals surface area contributed by atoms with Crippen LogP contribution in [-0.4, -0.2) is 37.1 Å². The predicted molar refractivity (Wildman–Crippen MR) is 94.8 cm³/mol. The molecule has 0 saturated carbocycles. The third-order valence-electron chi connectivity index (χ3n) is 4.33. The number of likely N-dealkylation sites (N-methyl/N-ethyl adjacent to an activating group) is 1. The zero-order valence-corrected chi connectivity index (χ0v) is 14.0. The van der Waals surface area contributed by atoms with Crippen molar-refractivity contribution in [3.05, 3.63) is 41.5 Å². The predicted octanol–water partition coefficient (Wildman–Crippen LogP) is 3.15. The molecule has 122 valence electrons. The quantitative estimate of drug-likeness (QED) is 0.921. The zero-order chi connectivity index (χ0) is 16.2. The zero-order valence-electron chi connectivity index (χ0n) is 14.0. The fourth-order valence-electron chi connectivity index (χ4n) is 3.15. The molecule has 0 unspecified atom stereocenters. The van der Waals surface area contributed by atoms with E-state index in [0.717, 1.165) is 37.4 Å². The first-order chi connectivity index (χ1) is 11.1. The van der Waals surface area contributed by atoms with Gasteiger partial charge in [-0.2, -0.15) is 0 Å². The van der Waals surface area contributed by atoms with Crippen molar-refractivity contribution in [1.82, 2.24) is 9.88 Å². The Bertz CT molecular complexity index is 682. The number of anilines is 1. The lowest BCUT2D eigenvalue weighted by atomic mass is 9.86. The Balaban J connectivity index is 1.93. The summed E-state index contributed by atoms with van der Waals surface area (Å²) in [4.78, 5) is 6.63. The highest BCUT2D eigenvalue weighted by molar-refractivity contribution is 5.69. The fourth-order valence-corrected chi connectivity index (χ4v) is 3.15. The second-order valence-electron chi connectivity index (χ2n) is 6.37. The van der Waals surface area contributed by atoms with Crippen molar-refractivity contribution in [3.63, 3.8) is 0 Å². The van der Waals surface area contributed by atoms with E-state index in [1.807, 2.05) is 18.2 Å². The van der Waals surface area contributed by atoms with Crippen LogP contribution in [0, 0.1) is 0 Å². The molecular formula is C19H25N3O. The van der Waals surface area contributed by atoms with Crippen molar-refractivity contribution in [1.29, 1.82) is 0 Å². The van der Waals surface area contributed by atoms with Crippen LogP contribution >= 0.6 is 0 Å². The molecule has 4 heteroatoms. The van der Waals surface area contributed by atoms with Gasteiger partial charge < -0.3 is 15.4 Å². The van der Waals surface area contributed by atoms with Gasteiger partial charge >= 0.3 is 0 Å². The lowest BCUT2D eigenvalue weighted by Gasteiger charge is -2.23. The summed E-state index contributed by atoms with van der Waals surface area (Å²) in [5, 5.41) is 0. The fraction of sp³-hybridized carbons (Fsp3) is 0.421. The van der Waals surface area contributed by atoms with Crippen LogP contribution in [0.4, 0.5) is 5.82 Å². The third kappa shape index (κ3) is 3.64. The second-order valence-corrected chi connectivity index (χ2v) is 6.37. The standard InChI is InChI=1S/C19H25N3O/c1-22(2)12-13-23-18-11-10-15(14-6-3-4-7-16(14)18)17-8-5-9-19(20)21-17/h5,8-11H,3-4,6-7,12-13H2,1-2H3,(H2,20,21). The highest BCUT2D eigenvalue weighted by Gasteiger charge is 2.19. The van der Waals surface area contributed by atoms with Crippen LogP contribution in [0.1, 0.15) is 24.0 Å². The molecule has 2 N–H and O–H groups in total. The maximum atomic E-state index is 6.04. The lowest BCUT2D eigenvalue weighted by Crippen LogP contribution is -2.20. The number of hydrogen-bond donors (Lipinski definition) is 1. The van der Waals surface area contributed by atoms with E-state index in [0.29, 0.717) is 5.82 Å². The number of aromatic nitrogens is 1. The van der Waals surface area contributed by atoms with Gasteiger partial charge in [-0.3, -0.25) is 0 Å². The van der Waals surface area contributed by atoms with E-state index < -0.39 is 0 Å². The van der Waals surface area contributed by atoms with Gasteiger partial charge in [-0.15, -0.1) is 0 Å². The number of hydrogen-bond acceptors (Lipinski definition) is 4. The Hall–Kier alpha value is -2.07. The Morgan fingerprint density at radius 3 is 2.61 bits per heavy atom. The Labute approximate surface area is 138 Å². The molecule has 2 aromatic rings. The Kier molecular flexibility index (Phi) is 4.82. The smallest absolute Gasteiger partial charge is 0.124 e. The molecule has 1 aromatic carbocycles. The molecule has 23 heavy (non-hydrogen) atoms. The number of nitrogens with zero attached hydrogens (tertiary/aromatic N) is 2. The van der Waals surface area contributed by atoms with E-state index in [4.69, 9.17) is 10.5 Å². The van der Waals surface area contributed by atoms with E-state index in [1.54, 1.807) is 0 Å². The lowest BCUT2D eigenvalue weighted by molar-refractivity contribution is 0.259. The van der Waals surface area contributed by atoms with Gasteiger partial charge in [0.1, 0.15) is 18.2 Å². The summed E-state index contributed by atoms with van der Waals surface area (Å²) in [6.07, 6.45) is 4.63. The molecule has 0 bridgehead atoms. The number of nitrogen functional groups attached to an aromatic ring is 1. The molecule has 1 aliphatic rings. The van der Waals surface area contributed by atoms with Crippen molar-refractivity contribution < 1.29 is 4.74 Å². The van der Waals surface area contributed by atoms with Gasteiger partial charge in [-0.05, 0) is 75.2 Å². The van der Waals surface area contributed by atoms with Gasteiger partial charge in [0.15, 0.2) is 0 Å². The number of nitrogens with two attached hydrogens (primary N) is 1. The summed E-state index contributed by atoms with van der Waals surface area (Å²) in [6, 6.07) is 10.1. The molecule has 0 radical (unpaired) electrons. The van der Waals surface area contributed by atoms with Crippen LogP contribution in [0.25, 0.3) is 11.3 Å². The normalized spacial score (nSPS) is 13.9. The first-order valence-electron chi connectivity index (χ1n) is 8.30. The molecule has 1 aliphatic carbocycles. The summed E-state index contributed by atoms with van der Waals surface area (Å²) in [6.45, 7) is 1.64. The van der Waals surface area contributed by atoms with Gasteiger partial charge in [0.25, 0.3) is 0 Å². The molecule has 0 spiro atoms. The van der Waals surface area contributed by atoms with E-state index >= 15 is 0 Å². The highest BCUT2D eigenvalue weighted by atomic mass is 16.5. The topological polar surface area (TPSA) is 51.4 Å². The Morgan fingerprint density at radius 2 is 1.87 bits per heavy atom. The van der Waals surface area contributed by atoms with Crippen molar-refractivity contribution in [2.45, 2.75) is 25.7 Å². The van der Waals surface area contributed by atoms with Crippen molar-refractivity contribution in [2.75, 3.05) is 33.0 Å². The molecule has 1 heterocycles. The van der Waals surface area contributed by atoms with Crippen molar-refractivity contribution >= 4 is 5.82 Å². The average Bonchev–Trinajstić information content (AvgIpc) is 2.54. The number of fused-ring (bicyclic) bond motifs is 1. The van der Waals surface area contributed by atoms with E-state index in [1.165, 1.54) is 29.5 Å². The first kappa shape index (κ1) is 15.8. The van der Waals surface area contributed by atoms with Gasteiger partial charge in [0.05, 0.1) is 5.69 Å². The monoisotopic (exact) mass is 311 g/mol. The van der Waals surface area contributed by atoms with E-state index in [-0.39, 0.29) is 0 Å². The molecular weight excluding hydrogens is 286 g/mol. The summed E-state index contributed by atoms with van der Waals surface area (Å²) in [5.41, 5.74) is 10.8. The van der Waals surface area contributed by atoms with Crippen molar-refractivity contribution in [3.8, 4) is 17.0 Å². The van der Waals surface area contributed by atoms with Gasteiger partial charge in [0, 0.05) is 12.1 Å². The number of pyridine rings is 1. The van der Waals surface area contributed by atoms with Crippen LogP contribution in [0.5, 0.6) is 5.75 Å².